The molecule has 0 radical (unpaired) electrons. The molecule has 4 heteroatoms. The summed E-state index contributed by atoms with van der Waals surface area (Å²) in [5.74, 6) is -0.0345. The summed E-state index contributed by atoms with van der Waals surface area (Å²) < 4.78 is 0. The molecule has 0 fully saturated rings. The fraction of sp³-hybridized carbons (Fsp3) is 0.353. The minimum Gasteiger partial charge on any atom is -0.365 e. The number of hydrogen-bond donors (Lipinski definition) is 2. The van der Waals surface area contributed by atoms with Crippen LogP contribution in [0.5, 0.6) is 0 Å². The number of benzene rings is 1. The summed E-state index contributed by atoms with van der Waals surface area (Å²) in [7, 11) is 4.05. The summed E-state index contributed by atoms with van der Waals surface area (Å²) in [5.41, 5.74) is 4.04. The Balaban J connectivity index is 2.06. The van der Waals surface area contributed by atoms with E-state index in [9.17, 15) is 4.79 Å². The minimum atomic E-state index is -0.0345. The second kappa shape index (κ2) is 6.59. The van der Waals surface area contributed by atoms with Gasteiger partial charge in [-0.25, -0.2) is 0 Å². The lowest BCUT2D eigenvalue weighted by Gasteiger charge is -2.25. The Morgan fingerprint density at radius 2 is 1.86 bits per heavy atom. The maximum Gasteiger partial charge on any atom is 0.253 e. The predicted octanol–water partition coefficient (Wildman–Crippen LogP) is 2.66. The monoisotopic (exact) mass is 285 g/mol. The van der Waals surface area contributed by atoms with Crippen LogP contribution in [0.15, 0.2) is 36.5 Å². The molecule has 2 rings (SSSR count). The van der Waals surface area contributed by atoms with Crippen LogP contribution in [0.25, 0.3) is 0 Å². The van der Waals surface area contributed by atoms with Crippen molar-refractivity contribution in [3.8, 4) is 0 Å². The number of nitrogens with zero attached hydrogens (tertiary/aromatic N) is 1. The highest BCUT2D eigenvalue weighted by molar-refractivity contribution is 5.95. The first kappa shape index (κ1) is 15.3. The molecule has 112 valence electrons. The van der Waals surface area contributed by atoms with E-state index < -0.39 is 0 Å². The number of amides is 1. The fourth-order valence-electron chi connectivity index (χ4n) is 2.37. The van der Waals surface area contributed by atoms with Crippen molar-refractivity contribution in [1.29, 1.82) is 0 Å². The topological polar surface area (TPSA) is 48.1 Å². The smallest absolute Gasteiger partial charge is 0.253 e. The lowest BCUT2D eigenvalue weighted by Crippen LogP contribution is -2.34. The molecule has 1 amide bonds. The van der Waals surface area contributed by atoms with E-state index in [0.29, 0.717) is 12.1 Å². The van der Waals surface area contributed by atoms with Gasteiger partial charge in [0.2, 0.25) is 0 Å². The quantitative estimate of drug-likeness (QED) is 0.887. The largest absolute Gasteiger partial charge is 0.365 e. The zero-order chi connectivity index (χ0) is 15.4. The van der Waals surface area contributed by atoms with Crippen molar-refractivity contribution in [2.45, 2.75) is 19.9 Å². The third-order valence-corrected chi connectivity index (χ3v) is 3.74. The average Bonchev–Trinajstić information content (AvgIpc) is 2.86. The molecule has 2 aromatic rings. The van der Waals surface area contributed by atoms with Gasteiger partial charge in [-0.3, -0.25) is 4.79 Å². The number of hydrogen-bond acceptors (Lipinski definition) is 2. The van der Waals surface area contributed by atoms with Crippen LogP contribution >= 0.6 is 0 Å². The van der Waals surface area contributed by atoms with E-state index in [1.165, 1.54) is 11.1 Å². The molecule has 0 bridgehead atoms. The Morgan fingerprint density at radius 1 is 1.19 bits per heavy atom. The molecule has 0 saturated heterocycles. The van der Waals surface area contributed by atoms with Crippen molar-refractivity contribution < 1.29 is 4.79 Å². The van der Waals surface area contributed by atoms with E-state index in [4.69, 9.17) is 0 Å². The van der Waals surface area contributed by atoms with Crippen LogP contribution in [0.3, 0.4) is 0 Å². The molecule has 1 unspecified atom stereocenters. The second-order valence-corrected chi connectivity index (χ2v) is 5.62. The summed E-state index contributed by atoms with van der Waals surface area (Å²) in [6.07, 6.45) is 1.79. The first-order chi connectivity index (χ1) is 9.99. The summed E-state index contributed by atoms with van der Waals surface area (Å²) in [5, 5.41) is 3.02. The molecule has 1 aromatic heterocycles. The number of rotatable bonds is 5. The summed E-state index contributed by atoms with van der Waals surface area (Å²) in [6, 6.07) is 10.4. The van der Waals surface area contributed by atoms with Crippen LogP contribution in [-0.2, 0) is 0 Å². The van der Waals surface area contributed by atoms with E-state index in [-0.39, 0.29) is 11.9 Å². The Bertz CT molecular complexity index is 599. The Morgan fingerprint density at radius 3 is 2.38 bits per heavy atom. The normalized spacial score (nSPS) is 12.4. The van der Waals surface area contributed by atoms with Crippen molar-refractivity contribution in [3.05, 3.63) is 58.9 Å². The van der Waals surface area contributed by atoms with Crippen LogP contribution < -0.4 is 5.32 Å². The molecule has 0 saturated carbocycles. The Labute approximate surface area is 126 Å². The number of H-pyrrole nitrogens is 1. The first-order valence-corrected chi connectivity index (χ1v) is 7.14. The molecule has 0 aliphatic rings. The van der Waals surface area contributed by atoms with Gasteiger partial charge in [-0.15, -0.1) is 0 Å². The van der Waals surface area contributed by atoms with Gasteiger partial charge in [0.15, 0.2) is 0 Å². The van der Waals surface area contributed by atoms with Gasteiger partial charge in [0.25, 0.3) is 5.91 Å². The van der Waals surface area contributed by atoms with Gasteiger partial charge in [0.05, 0.1) is 11.6 Å². The van der Waals surface area contributed by atoms with E-state index in [1.807, 2.05) is 21.0 Å². The van der Waals surface area contributed by atoms with Gasteiger partial charge in [-0.2, -0.15) is 0 Å². The van der Waals surface area contributed by atoms with Crippen molar-refractivity contribution >= 4 is 5.91 Å². The second-order valence-electron chi connectivity index (χ2n) is 5.62. The van der Waals surface area contributed by atoms with Gasteiger partial charge in [0.1, 0.15) is 0 Å². The lowest BCUT2D eigenvalue weighted by molar-refractivity contribution is 0.0941. The molecule has 1 aromatic carbocycles. The third kappa shape index (κ3) is 3.73. The highest BCUT2D eigenvalue weighted by Crippen LogP contribution is 2.18. The number of likely N-dealkylation sites (N-methyl/N-ethyl adjacent to an activating group) is 1. The number of nitrogens with one attached hydrogen (secondary N) is 2. The standard InChI is InChI=1S/C17H23N3O/c1-12-5-7-14(8-6-12)16(20(3)4)11-19-17(21)15-9-10-18-13(15)2/h5-10,16,18H,11H2,1-4H3,(H,19,21). The van der Waals surface area contributed by atoms with Gasteiger partial charge >= 0.3 is 0 Å². The molecule has 0 spiro atoms. The van der Waals surface area contributed by atoms with Gasteiger partial charge in [0, 0.05) is 18.4 Å². The van der Waals surface area contributed by atoms with Gasteiger partial charge < -0.3 is 15.2 Å². The van der Waals surface area contributed by atoms with E-state index >= 15 is 0 Å². The molecule has 1 atom stereocenters. The maximum atomic E-state index is 12.2. The molecule has 2 N–H and O–H groups in total. The molecule has 4 nitrogen and oxygen atoms in total. The van der Waals surface area contributed by atoms with Crippen molar-refractivity contribution in [2.75, 3.05) is 20.6 Å². The zero-order valence-corrected chi connectivity index (χ0v) is 13.1. The van der Waals surface area contributed by atoms with Gasteiger partial charge in [-0.05, 0) is 39.6 Å². The number of carbonyl (C=O) groups is 1. The van der Waals surface area contributed by atoms with Crippen LogP contribution in [-0.4, -0.2) is 36.4 Å². The summed E-state index contributed by atoms with van der Waals surface area (Å²) in [6.45, 7) is 4.56. The zero-order valence-electron chi connectivity index (χ0n) is 13.1. The average molecular weight is 285 g/mol. The first-order valence-electron chi connectivity index (χ1n) is 7.14. The minimum absolute atomic E-state index is 0.0345. The number of aromatic nitrogens is 1. The summed E-state index contributed by atoms with van der Waals surface area (Å²) >= 11 is 0. The van der Waals surface area contributed by atoms with Crippen LogP contribution in [0.2, 0.25) is 0 Å². The molecule has 21 heavy (non-hydrogen) atoms. The SMILES string of the molecule is Cc1ccc(C(CNC(=O)c2cc[nH]c2C)N(C)C)cc1. The predicted molar refractivity (Wildman–Crippen MR) is 85.5 cm³/mol. The number of aryl methyl sites for hydroxylation is 2. The molecule has 1 heterocycles. The molecular formula is C17H23N3O. The molecule has 0 aliphatic heterocycles. The van der Waals surface area contributed by atoms with Crippen molar-refractivity contribution in [2.24, 2.45) is 0 Å². The van der Waals surface area contributed by atoms with E-state index in [0.717, 1.165) is 5.69 Å². The Kier molecular flexibility index (Phi) is 4.81. The number of carbonyl (C=O) groups excluding carboxylic acids is 1. The van der Waals surface area contributed by atoms with E-state index in [1.54, 1.807) is 12.3 Å². The van der Waals surface area contributed by atoms with Crippen LogP contribution in [0, 0.1) is 13.8 Å². The highest BCUT2D eigenvalue weighted by Gasteiger charge is 2.16. The lowest BCUT2D eigenvalue weighted by atomic mass is 10.0. The maximum absolute atomic E-state index is 12.2. The third-order valence-electron chi connectivity index (χ3n) is 3.74. The van der Waals surface area contributed by atoms with E-state index in [2.05, 4.69) is 46.4 Å². The fourth-order valence-corrected chi connectivity index (χ4v) is 2.37. The number of aromatic amines is 1. The molecule has 0 aliphatic carbocycles. The highest BCUT2D eigenvalue weighted by atomic mass is 16.1. The van der Waals surface area contributed by atoms with Crippen molar-refractivity contribution in [1.82, 2.24) is 15.2 Å². The van der Waals surface area contributed by atoms with Crippen LogP contribution in [0.4, 0.5) is 0 Å². The van der Waals surface area contributed by atoms with Crippen LogP contribution in [0.1, 0.15) is 33.2 Å². The summed E-state index contributed by atoms with van der Waals surface area (Å²) in [4.78, 5) is 17.3. The molecular weight excluding hydrogens is 262 g/mol. The van der Waals surface area contributed by atoms with Gasteiger partial charge in [-0.1, -0.05) is 29.8 Å². The van der Waals surface area contributed by atoms with Crippen molar-refractivity contribution in [3.63, 3.8) is 0 Å². The Hall–Kier alpha value is -2.07.